The molecule has 1 fully saturated rings. The summed E-state index contributed by atoms with van der Waals surface area (Å²) in [6.45, 7) is 2.06. The van der Waals surface area contributed by atoms with E-state index in [1.165, 1.54) is 0 Å². The van der Waals surface area contributed by atoms with Gasteiger partial charge in [0.1, 0.15) is 11.9 Å². The van der Waals surface area contributed by atoms with Crippen LogP contribution in [0.2, 0.25) is 0 Å². The molecule has 3 nitrogen and oxygen atoms in total. The van der Waals surface area contributed by atoms with Crippen LogP contribution < -0.4 is 4.52 Å². The Morgan fingerprint density at radius 2 is 1.00 bits per heavy atom. The third kappa shape index (κ3) is 4.47. The van der Waals surface area contributed by atoms with Crippen molar-refractivity contribution in [2.75, 3.05) is 0 Å². The van der Waals surface area contributed by atoms with Crippen LogP contribution in [0.5, 0.6) is 5.75 Å². The Balaban J connectivity index is 1.44. The van der Waals surface area contributed by atoms with Crippen LogP contribution in [0.1, 0.15) is 18.1 Å². The van der Waals surface area contributed by atoms with Crippen LogP contribution in [0.3, 0.4) is 0 Å². The molecule has 4 heteroatoms. The van der Waals surface area contributed by atoms with Gasteiger partial charge in [-0.25, -0.2) is 0 Å². The van der Waals surface area contributed by atoms with Crippen LogP contribution in [0.4, 0.5) is 0 Å². The van der Waals surface area contributed by atoms with E-state index in [1.807, 2.05) is 72.8 Å². The summed E-state index contributed by atoms with van der Waals surface area (Å²) in [6.07, 6.45) is -0.257. The van der Waals surface area contributed by atoms with E-state index in [0.717, 1.165) is 39.1 Å². The molecule has 0 N–H and O–H groups in total. The topological polar surface area (TPSA) is 27.7 Å². The molecule has 0 aliphatic carbocycles. The highest BCUT2D eigenvalue weighted by atomic mass is 31.2. The minimum Gasteiger partial charge on any atom is -0.425 e. The molecular formula is C33H27O3P. The van der Waals surface area contributed by atoms with E-state index in [4.69, 9.17) is 13.6 Å². The van der Waals surface area contributed by atoms with E-state index >= 15 is 0 Å². The maximum Gasteiger partial charge on any atom is 0.399 e. The number of hydrogen-bond acceptors (Lipinski definition) is 3. The van der Waals surface area contributed by atoms with Crippen molar-refractivity contribution in [2.24, 2.45) is 0 Å². The van der Waals surface area contributed by atoms with Crippen molar-refractivity contribution >= 4 is 8.60 Å². The molecule has 6 rings (SSSR count). The zero-order valence-corrected chi connectivity index (χ0v) is 21.4. The van der Waals surface area contributed by atoms with Crippen LogP contribution in [0, 0.1) is 0 Å². The second kappa shape index (κ2) is 10.3. The summed E-state index contributed by atoms with van der Waals surface area (Å²) < 4.78 is 20.1. The van der Waals surface area contributed by atoms with E-state index in [-0.39, 0.29) is 6.10 Å². The monoisotopic (exact) mass is 502 g/mol. The molecular weight excluding hydrogens is 475 g/mol. The minimum atomic E-state index is -1.71. The average Bonchev–Trinajstić information content (AvgIpc) is 3.31. The summed E-state index contributed by atoms with van der Waals surface area (Å²) in [5.41, 5.74) is 5.47. The zero-order chi connectivity index (χ0) is 25.1. The molecule has 0 aromatic heterocycles. The molecule has 37 heavy (non-hydrogen) atoms. The highest BCUT2D eigenvalue weighted by Crippen LogP contribution is 2.61. The molecule has 2 unspecified atom stereocenters. The Morgan fingerprint density at radius 1 is 0.568 bits per heavy atom. The predicted molar refractivity (Wildman–Crippen MR) is 150 cm³/mol. The van der Waals surface area contributed by atoms with E-state index in [0.29, 0.717) is 0 Å². The van der Waals surface area contributed by atoms with Gasteiger partial charge in [0.15, 0.2) is 5.60 Å². The minimum absolute atomic E-state index is 0.257. The van der Waals surface area contributed by atoms with E-state index < -0.39 is 14.2 Å². The molecule has 1 saturated heterocycles. The van der Waals surface area contributed by atoms with Crippen molar-refractivity contribution in [3.05, 3.63) is 151 Å². The molecule has 182 valence electrons. The van der Waals surface area contributed by atoms with Crippen molar-refractivity contribution in [1.29, 1.82) is 0 Å². The third-order valence-electron chi connectivity index (χ3n) is 6.79. The van der Waals surface area contributed by atoms with Gasteiger partial charge < -0.3 is 4.52 Å². The summed E-state index contributed by atoms with van der Waals surface area (Å²) in [6, 6.07) is 47.4. The van der Waals surface area contributed by atoms with E-state index in [2.05, 4.69) is 73.7 Å². The second-order valence-corrected chi connectivity index (χ2v) is 10.1. The normalized spacial score (nSPS) is 18.4. The molecule has 5 aromatic carbocycles. The van der Waals surface area contributed by atoms with Gasteiger partial charge >= 0.3 is 8.60 Å². The van der Waals surface area contributed by atoms with Gasteiger partial charge in [-0.05, 0) is 29.2 Å². The van der Waals surface area contributed by atoms with E-state index in [9.17, 15) is 0 Å². The summed E-state index contributed by atoms with van der Waals surface area (Å²) in [5.74, 6) is 0.759. The lowest BCUT2D eigenvalue weighted by molar-refractivity contribution is 0.0850. The zero-order valence-electron chi connectivity index (χ0n) is 20.5. The van der Waals surface area contributed by atoms with Gasteiger partial charge in [0.2, 0.25) is 0 Å². The van der Waals surface area contributed by atoms with Gasteiger partial charge in [-0.3, -0.25) is 9.05 Å². The van der Waals surface area contributed by atoms with Crippen LogP contribution in [0.25, 0.3) is 22.3 Å². The summed E-state index contributed by atoms with van der Waals surface area (Å²) in [7, 11) is -1.71. The predicted octanol–water partition coefficient (Wildman–Crippen LogP) is 9.01. The van der Waals surface area contributed by atoms with Crippen molar-refractivity contribution in [2.45, 2.75) is 18.6 Å². The number of para-hydroxylation sites is 1. The fourth-order valence-electron chi connectivity index (χ4n) is 4.97. The first-order valence-electron chi connectivity index (χ1n) is 12.4. The van der Waals surface area contributed by atoms with Crippen LogP contribution in [-0.4, -0.2) is 6.10 Å². The highest BCUT2D eigenvalue weighted by molar-refractivity contribution is 7.42. The van der Waals surface area contributed by atoms with Crippen LogP contribution in [0.15, 0.2) is 140 Å². The molecule has 0 bridgehead atoms. The van der Waals surface area contributed by atoms with Gasteiger partial charge in [-0.1, -0.05) is 140 Å². The molecule has 1 heterocycles. The second-order valence-electron chi connectivity index (χ2n) is 9.04. The lowest BCUT2D eigenvalue weighted by Gasteiger charge is -2.31. The van der Waals surface area contributed by atoms with Crippen molar-refractivity contribution in [3.63, 3.8) is 0 Å². The molecule has 0 spiro atoms. The number of hydrogen-bond donors (Lipinski definition) is 0. The van der Waals surface area contributed by atoms with Crippen LogP contribution >= 0.6 is 8.60 Å². The Bertz CT molecular complexity index is 1360. The molecule has 0 saturated carbocycles. The molecule has 0 radical (unpaired) electrons. The van der Waals surface area contributed by atoms with Crippen molar-refractivity contribution < 1.29 is 13.6 Å². The average molecular weight is 503 g/mol. The largest absolute Gasteiger partial charge is 0.425 e. The first-order chi connectivity index (χ1) is 18.3. The summed E-state index contributed by atoms with van der Waals surface area (Å²) in [5, 5.41) is 0. The van der Waals surface area contributed by atoms with Gasteiger partial charge in [-0.15, -0.1) is 0 Å². The summed E-state index contributed by atoms with van der Waals surface area (Å²) >= 11 is 0. The molecule has 1 aliphatic heterocycles. The SMILES string of the molecule is CC1OP(Oc2c(-c3ccccc3)cccc2-c2ccccc2)OC1(c1ccccc1)c1ccccc1. The van der Waals surface area contributed by atoms with Gasteiger partial charge in [0.25, 0.3) is 0 Å². The molecule has 0 amide bonds. The Kier molecular flexibility index (Phi) is 6.59. The Morgan fingerprint density at radius 3 is 1.46 bits per heavy atom. The highest BCUT2D eigenvalue weighted by Gasteiger charge is 2.53. The van der Waals surface area contributed by atoms with Gasteiger partial charge in [-0.2, -0.15) is 0 Å². The first kappa shape index (κ1) is 23.6. The lowest BCUT2D eigenvalue weighted by Crippen LogP contribution is -2.36. The molecule has 1 aliphatic rings. The quantitative estimate of drug-likeness (QED) is 0.217. The maximum absolute atomic E-state index is 6.84. The first-order valence-corrected chi connectivity index (χ1v) is 13.5. The van der Waals surface area contributed by atoms with Crippen molar-refractivity contribution in [1.82, 2.24) is 0 Å². The van der Waals surface area contributed by atoms with Crippen molar-refractivity contribution in [3.8, 4) is 28.0 Å². The van der Waals surface area contributed by atoms with Gasteiger partial charge in [0, 0.05) is 11.1 Å². The van der Waals surface area contributed by atoms with E-state index in [1.54, 1.807) is 0 Å². The summed E-state index contributed by atoms with van der Waals surface area (Å²) in [4.78, 5) is 0. The van der Waals surface area contributed by atoms with Crippen LogP contribution in [-0.2, 0) is 14.6 Å². The third-order valence-corrected chi connectivity index (χ3v) is 8.05. The smallest absolute Gasteiger partial charge is 0.399 e. The Hall–Kier alpha value is -3.75. The maximum atomic E-state index is 6.84. The Labute approximate surface area is 219 Å². The molecule has 5 aromatic rings. The number of rotatable bonds is 6. The fraction of sp³-hybridized carbons (Fsp3) is 0.0909. The number of benzene rings is 5. The standard InChI is InChI=1S/C33H27O3P/c1-25-33(28-19-10-4-11-20-28,29-21-12-5-13-22-29)36-37(34-25)35-32-30(26-15-6-2-7-16-26)23-14-24-31(32)27-17-8-3-9-18-27/h2-25H,1H3. The lowest BCUT2D eigenvalue weighted by atomic mass is 9.82. The molecule has 2 atom stereocenters. The fourth-order valence-corrected chi connectivity index (χ4v) is 6.44. The van der Waals surface area contributed by atoms with Gasteiger partial charge in [0.05, 0.1) is 0 Å².